The second-order valence-electron chi connectivity index (χ2n) is 4.38. The van der Waals surface area contributed by atoms with Crippen molar-refractivity contribution in [1.29, 1.82) is 0 Å². The van der Waals surface area contributed by atoms with Gasteiger partial charge in [-0.05, 0) is 31.6 Å². The van der Waals surface area contributed by atoms with E-state index in [0.717, 1.165) is 18.9 Å². The van der Waals surface area contributed by atoms with Gasteiger partial charge >= 0.3 is 0 Å². The molecule has 2 heteroatoms. The van der Waals surface area contributed by atoms with E-state index < -0.39 is 0 Å². The normalized spacial score (nSPS) is 32.8. The van der Waals surface area contributed by atoms with Crippen molar-refractivity contribution >= 4 is 0 Å². The van der Waals surface area contributed by atoms with Gasteiger partial charge in [0.05, 0.1) is 6.10 Å². The molecule has 0 saturated carbocycles. The van der Waals surface area contributed by atoms with Gasteiger partial charge < -0.3 is 10.4 Å². The van der Waals surface area contributed by atoms with Gasteiger partial charge in [-0.1, -0.05) is 23.8 Å². The van der Waals surface area contributed by atoms with Crippen molar-refractivity contribution in [3.05, 3.63) is 23.8 Å². The molecular weight excluding hydrogens is 174 g/mol. The highest BCUT2D eigenvalue weighted by atomic mass is 16.3. The third-order valence-corrected chi connectivity index (χ3v) is 3.06. The molecule has 2 N–H and O–H groups in total. The second-order valence-corrected chi connectivity index (χ2v) is 4.38. The molecule has 0 aromatic heterocycles. The molecule has 0 saturated heterocycles. The summed E-state index contributed by atoms with van der Waals surface area (Å²) in [7, 11) is 0. The minimum Gasteiger partial charge on any atom is -0.388 e. The monoisotopic (exact) mass is 193 g/mol. The number of β-amino-alcohol motifs (C(OH)–C–C–N with tert-alkyl or cyclic N) is 1. The Kier molecular flexibility index (Phi) is 3.38. The molecule has 78 valence electrons. The van der Waals surface area contributed by atoms with Crippen LogP contribution in [0.4, 0.5) is 0 Å². The highest BCUT2D eigenvalue weighted by Crippen LogP contribution is 2.25. The molecule has 2 nitrogen and oxygen atoms in total. The maximum atomic E-state index is 9.46. The summed E-state index contributed by atoms with van der Waals surface area (Å²) in [6.07, 6.45) is 11.3. The van der Waals surface area contributed by atoms with Gasteiger partial charge in [0.15, 0.2) is 0 Å². The number of aliphatic hydroxyl groups is 1. The largest absolute Gasteiger partial charge is 0.388 e. The Morgan fingerprint density at radius 1 is 1.43 bits per heavy atom. The van der Waals surface area contributed by atoms with E-state index in [4.69, 9.17) is 0 Å². The predicted molar refractivity (Wildman–Crippen MR) is 58.1 cm³/mol. The van der Waals surface area contributed by atoms with Crippen molar-refractivity contribution in [2.24, 2.45) is 5.92 Å². The smallest absolute Gasteiger partial charge is 0.0848 e. The van der Waals surface area contributed by atoms with Gasteiger partial charge in [0.25, 0.3) is 0 Å². The van der Waals surface area contributed by atoms with Crippen molar-refractivity contribution in [3.8, 4) is 0 Å². The van der Waals surface area contributed by atoms with Crippen LogP contribution in [-0.2, 0) is 0 Å². The quantitative estimate of drug-likeness (QED) is 0.653. The van der Waals surface area contributed by atoms with Gasteiger partial charge in [-0.25, -0.2) is 0 Å². The molecule has 14 heavy (non-hydrogen) atoms. The third kappa shape index (κ3) is 2.69. The first-order valence-corrected chi connectivity index (χ1v) is 5.58. The van der Waals surface area contributed by atoms with Gasteiger partial charge in [-0.3, -0.25) is 0 Å². The van der Waals surface area contributed by atoms with E-state index in [1.165, 1.54) is 24.8 Å². The number of hydrogen-bond acceptors (Lipinski definition) is 2. The van der Waals surface area contributed by atoms with Crippen LogP contribution in [0.15, 0.2) is 23.8 Å². The van der Waals surface area contributed by atoms with Crippen molar-refractivity contribution in [2.75, 3.05) is 13.1 Å². The van der Waals surface area contributed by atoms with Crippen LogP contribution in [0, 0.1) is 5.92 Å². The average molecular weight is 193 g/mol. The molecule has 1 aliphatic heterocycles. The first-order valence-electron chi connectivity index (χ1n) is 5.58. The predicted octanol–water partition coefficient (Wildman–Crippen LogP) is 1.62. The standard InChI is InChI=1S/C12H19NO/c14-12-7-11(8-13-9-12)6-10-4-2-1-3-5-10/h1-2,7,10,12-14H,3-6,8-9H2. The van der Waals surface area contributed by atoms with Crippen molar-refractivity contribution < 1.29 is 5.11 Å². The Labute approximate surface area is 85.7 Å². The molecule has 0 spiro atoms. The molecule has 0 bridgehead atoms. The molecule has 0 radical (unpaired) electrons. The van der Waals surface area contributed by atoms with Crippen LogP contribution in [0.5, 0.6) is 0 Å². The Morgan fingerprint density at radius 2 is 2.36 bits per heavy atom. The van der Waals surface area contributed by atoms with Crippen LogP contribution in [-0.4, -0.2) is 24.3 Å². The summed E-state index contributed by atoms with van der Waals surface area (Å²) < 4.78 is 0. The van der Waals surface area contributed by atoms with Gasteiger partial charge in [0.1, 0.15) is 0 Å². The highest BCUT2D eigenvalue weighted by molar-refractivity contribution is 5.12. The van der Waals surface area contributed by atoms with Crippen molar-refractivity contribution in [1.82, 2.24) is 5.32 Å². The van der Waals surface area contributed by atoms with Crippen LogP contribution < -0.4 is 5.32 Å². The lowest BCUT2D eigenvalue weighted by Crippen LogP contribution is -2.32. The van der Waals surface area contributed by atoms with Gasteiger partial charge in [-0.15, -0.1) is 0 Å². The first kappa shape index (κ1) is 9.94. The van der Waals surface area contributed by atoms with Gasteiger partial charge in [0.2, 0.25) is 0 Å². The number of rotatable bonds is 2. The van der Waals surface area contributed by atoms with E-state index in [2.05, 4.69) is 17.5 Å². The lowest BCUT2D eigenvalue weighted by Gasteiger charge is -2.23. The molecule has 1 aliphatic carbocycles. The summed E-state index contributed by atoms with van der Waals surface area (Å²) in [5, 5.41) is 12.7. The summed E-state index contributed by atoms with van der Waals surface area (Å²) >= 11 is 0. The molecule has 2 atom stereocenters. The van der Waals surface area contributed by atoms with E-state index in [1.54, 1.807) is 0 Å². The minimum atomic E-state index is -0.266. The highest BCUT2D eigenvalue weighted by Gasteiger charge is 2.15. The maximum absolute atomic E-state index is 9.46. The summed E-state index contributed by atoms with van der Waals surface area (Å²) in [6.45, 7) is 1.69. The maximum Gasteiger partial charge on any atom is 0.0848 e. The van der Waals surface area contributed by atoms with E-state index in [0.29, 0.717) is 6.54 Å². The average Bonchev–Trinajstić information content (AvgIpc) is 2.19. The molecular formula is C12H19NO. The number of hydrogen-bond donors (Lipinski definition) is 2. The SMILES string of the molecule is OC1C=C(CC2CC=CCC2)CNC1. The van der Waals surface area contributed by atoms with E-state index >= 15 is 0 Å². The molecule has 0 aromatic carbocycles. The summed E-state index contributed by atoms with van der Waals surface area (Å²) in [4.78, 5) is 0. The number of nitrogens with one attached hydrogen (secondary N) is 1. The Morgan fingerprint density at radius 3 is 3.07 bits per heavy atom. The zero-order chi connectivity index (χ0) is 9.80. The van der Waals surface area contributed by atoms with E-state index in [1.807, 2.05) is 6.08 Å². The topological polar surface area (TPSA) is 32.3 Å². The zero-order valence-corrected chi connectivity index (χ0v) is 8.58. The lowest BCUT2D eigenvalue weighted by molar-refractivity contribution is 0.211. The molecule has 2 unspecified atom stereocenters. The Balaban J connectivity index is 1.87. The van der Waals surface area contributed by atoms with Crippen LogP contribution in [0.2, 0.25) is 0 Å². The lowest BCUT2D eigenvalue weighted by atomic mass is 9.87. The minimum absolute atomic E-state index is 0.266. The number of allylic oxidation sites excluding steroid dienone is 2. The van der Waals surface area contributed by atoms with E-state index in [-0.39, 0.29) is 6.10 Å². The molecule has 2 aliphatic rings. The fourth-order valence-corrected chi connectivity index (χ4v) is 2.32. The van der Waals surface area contributed by atoms with E-state index in [9.17, 15) is 5.11 Å². The van der Waals surface area contributed by atoms with Crippen LogP contribution in [0.25, 0.3) is 0 Å². The van der Waals surface area contributed by atoms with Crippen LogP contribution >= 0.6 is 0 Å². The first-order chi connectivity index (χ1) is 6.84. The van der Waals surface area contributed by atoms with Crippen LogP contribution in [0.3, 0.4) is 0 Å². The number of aliphatic hydroxyl groups excluding tert-OH is 1. The fraction of sp³-hybridized carbons (Fsp3) is 0.667. The molecule has 0 fully saturated rings. The molecule has 0 amide bonds. The van der Waals surface area contributed by atoms with Crippen LogP contribution in [0.1, 0.15) is 25.7 Å². The molecule has 2 rings (SSSR count). The fourth-order valence-electron chi connectivity index (χ4n) is 2.32. The Hall–Kier alpha value is -0.600. The van der Waals surface area contributed by atoms with Gasteiger partial charge in [0, 0.05) is 13.1 Å². The summed E-state index contributed by atoms with van der Waals surface area (Å²) in [5.74, 6) is 0.804. The van der Waals surface area contributed by atoms with Crippen molar-refractivity contribution in [2.45, 2.75) is 31.8 Å². The third-order valence-electron chi connectivity index (χ3n) is 3.06. The molecule has 0 aromatic rings. The zero-order valence-electron chi connectivity index (χ0n) is 8.58. The summed E-state index contributed by atoms with van der Waals surface area (Å²) in [6, 6.07) is 0. The second kappa shape index (κ2) is 4.76. The Bertz CT molecular complexity index is 245. The van der Waals surface area contributed by atoms with Crippen molar-refractivity contribution in [3.63, 3.8) is 0 Å². The van der Waals surface area contributed by atoms with Gasteiger partial charge in [-0.2, -0.15) is 0 Å². The molecule has 1 heterocycles. The summed E-state index contributed by atoms with van der Waals surface area (Å²) in [5.41, 5.74) is 1.39.